The van der Waals surface area contributed by atoms with Crippen LogP contribution < -0.4 is 5.73 Å². The first-order chi connectivity index (χ1) is 7.31. The molecule has 4 nitrogen and oxygen atoms in total. The van der Waals surface area contributed by atoms with Crippen molar-refractivity contribution >= 4 is 11.3 Å². The molecule has 0 atom stereocenters. The van der Waals surface area contributed by atoms with Crippen LogP contribution in [0.25, 0.3) is 0 Å². The molecule has 5 heteroatoms. The average molecular weight is 222 g/mol. The number of imidazole rings is 1. The van der Waals surface area contributed by atoms with E-state index in [2.05, 4.69) is 14.5 Å². The van der Waals surface area contributed by atoms with Crippen LogP contribution in [-0.2, 0) is 19.5 Å². The Morgan fingerprint density at radius 2 is 2.33 bits per heavy atom. The first-order valence-electron chi connectivity index (χ1n) is 4.90. The normalized spacial score (nSPS) is 10.8. The van der Waals surface area contributed by atoms with Gasteiger partial charge in [-0.1, -0.05) is 0 Å². The molecule has 2 aromatic heterocycles. The summed E-state index contributed by atoms with van der Waals surface area (Å²) in [5, 5.41) is 0. The molecule has 0 aliphatic heterocycles. The molecular weight excluding hydrogens is 208 g/mol. The summed E-state index contributed by atoms with van der Waals surface area (Å²) in [4.78, 5) is 9.75. The number of thiazole rings is 1. The van der Waals surface area contributed by atoms with E-state index in [4.69, 9.17) is 5.73 Å². The Hall–Kier alpha value is -1.20. The van der Waals surface area contributed by atoms with E-state index in [9.17, 15) is 0 Å². The van der Waals surface area contributed by atoms with Gasteiger partial charge in [-0.3, -0.25) is 0 Å². The fraction of sp³-hybridized carbons (Fsp3) is 0.400. The molecule has 0 saturated carbocycles. The van der Waals surface area contributed by atoms with Crippen LogP contribution in [0.2, 0.25) is 0 Å². The van der Waals surface area contributed by atoms with E-state index in [0.29, 0.717) is 6.54 Å². The lowest BCUT2D eigenvalue weighted by Crippen LogP contribution is -2.09. The summed E-state index contributed by atoms with van der Waals surface area (Å²) >= 11 is 1.71. The fourth-order valence-corrected chi connectivity index (χ4v) is 2.29. The minimum absolute atomic E-state index is 0.495. The van der Waals surface area contributed by atoms with Crippen LogP contribution in [0.15, 0.2) is 17.9 Å². The van der Waals surface area contributed by atoms with E-state index in [-0.39, 0.29) is 0 Å². The molecule has 2 aromatic rings. The zero-order chi connectivity index (χ0) is 10.7. The van der Waals surface area contributed by atoms with Crippen molar-refractivity contribution in [2.45, 2.75) is 26.4 Å². The van der Waals surface area contributed by atoms with Gasteiger partial charge in [-0.25, -0.2) is 9.97 Å². The Bertz CT molecular complexity index is 432. The predicted molar refractivity (Wildman–Crippen MR) is 60.7 cm³/mol. The molecule has 80 valence electrons. The number of aryl methyl sites for hydroxylation is 3. The van der Waals surface area contributed by atoms with Gasteiger partial charge in [0.15, 0.2) is 0 Å². The van der Waals surface area contributed by atoms with E-state index < -0.39 is 0 Å². The van der Waals surface area contributed by atoms with Crippen molar-refractivity contribution in [1.82, 2.24) is 14.5 Å². The lowest BCUT2D eigenvalue weighted by molar-refractivity contribution is 0.654. The molecule has 0 aliphatic rings. The van der Waals surface area contributed by atoms with Crippen molar-refractivity contribution < 1.29 is 0 Å². The lowest BCUT2D eigenvalue weighted by atomic mass is 10.3. The van der Waals surface area contributed by atoms with Crippen LogP contribution in [0.5, 0.6) is 0 Å². The molecule has 0 aliphatic carbocycles. The van der Waals surface area contributed by atoms with Gasteiger partial charge in [0.25, 0.3) is 0 Å². The third-order valence-electron chi connectivity index (χ3n) is 2.41. The van der Waals surface area contributed by atoms with Crippen LogP contribution >= 0.6 is 11.3 Å². The molecule has 2 rings (SSSR count). The van der Waals surface area contributed by atoms with Gasteiger partial charge in [-0.15, -0.1) is 11.3 Å². The first kappa shape index (κ1) is 10.3. The molecule has 0 fully saturated rings. The second-order valence-corrected chi connectivity index (χ2v) is 4.29. The number of hydrogen-bond acceptors (Lipinski definition) is 4. The number of hydrogen-bond donors (Lipinski definition) is 1. The van der Waals surface area contributed by atoms with Gasteiger partial charge in [-0.2, -0.15) is 0 Å². The van der Waals surface area contributed by atoms with Crippen LogP contribution in [0, 0.1) is 6.92 Å². The highest BCUT2D eigenvalue weighted by molar-refractivity contribution is 7.09. The van der Waals surface area contributed by atoms with Crippen molar-refractivity contribution in [2.24, 2.45) is 5.73 Å². The van der Waals surface area contributed by atoms with Crippen molar-refractivity contribution in [2.75, 3.05) is 0 Å². The van der Waals surface area contributed by atoms with Gasteiger partial charge >= 0.3 is 0 Å². The monoisotopic (exact) mass is 222 g/mol. The van der Waals surface area contributed by atoms with E-state index >= 15 is 0 Å². The Kier molecular flexibility index (Phi) is 3.13. The summed E-state index contributed by atoms with van der Waals surface area (Å²) < 4.78 is 2.10. The highest BCUT2D eigenvalue weighted by Crippen LogP contribution is 2.13. The highest BCUT2D eigenvalue weighted by Gasteiger charge is 2.04. The SMILES string of the molecule is Cc1ncsc1CCn1ccnc1CN. The Labute approximate surface area is 92.8 Å². The van der Waals surface area contributed by atoms with Crippen molar-refractivity contribution in [3.05, 3.63) is 34.3 Å². The second-order valence-electron chi connectivity index (χ2n) is 3.35. The summed E-state index contributed by atoms with van der Waals surface area (Å²) in [6, 6.07) is 0. The number of nitrogens with two attached hydrogens (primary N) is 1. The van der Waals surface area contributed by atoms with Crippen LogP contribution in [0.1, 0.15) is 16.4 Å². The minimum Gasteiger partial charge on any atom is -0.334 e. The molecule has 2 heterocycles. The third kappa shape index (κ3) is 2.24. The fourth-order valence-electron chi connectivity index (χ4n) is 1.52. The molecular formula is C10H14N4S. The standard InChI is InChI=1S/C10H14N4S/c1-8-9(15-7-13-8)2-4-14-5-3-12-10(14)6-11/h3,5,7H,2,4,6,11H2,1H3. The summed E-state index contributed by atoms with van der Waals surface area (Å²) in [5.41, 5.74) is 8.61. The molecule has 0 aromatic carbocycles. The maximum Gasteiger partial charge on any atom is 0.122 e. The molecule has 0 radical (unpaired) electrons. The van der Waals surface area contributed by atoms with Gasteiger partial charge in [0.05, 0.1) is 17.7 Å². The van der Waals surface area contributed by atoms with Crippen LogP contribution in [0.4, 0.5) is 0 Å². The first-order valence-corrected chi connectivity index (χ1v) is 5.78. The second kappa shape index (κ2) is 4.55. The summed E-state index contributed by atoms with van der Waals surface area (Å²) in [5.74, 6) is 0.942. The molecule has 0 spiro atoms. The van der Waals surface area contributed by atoms with Gasteiger partial charge in [-0.05, 0) is 6.92 Å². The highest BCUT2D eigenvalue weighted by atomic mass is 32.1. The Balaban J connectivity index is 2.02. The van der Waals surface area contributed by atoms with Gasteiger partial charge in [0.2, 0.25) is 0 Å². The molecule has 15 heavy (non-hydrogen) atoms. The zero-order valence-corrected chi connectivity index (χ0v) is 9.50. The summed E-state index contributed by atoms with van der Waals surface area (Å²) in [7, 11) is 0. The number of nitrogens with zero attached hydrogens (tertiary/aromatic N) is 3. The van der Waals surface area contributed by atoms with Gasteiger partial charge < -0.3 is 10.3 Å². The smallest absolute Gasteiger partial charge is 0.122 e. The van der Waals surface area contributed by atoms with Gasteiger partial charge in [0, 0.05) is 30.2 Å². The van der Waals surface area contributed by atoms with Gasteiger partial charge in [0.1, 0.15) is 5.82 Å². The average Bonchev–Trinajstić information content (AvgIpc) is 2.83. The van der Waals surface area contributed by atoms with E-state index in [0.717, 1.165) is 24.5 Å². The number of aromatic nitrogens is 3. The largest absolute Gasteiger partial charge is 0.334 e. The Morgan fingerprint density at radius 3 is 3.00 bits per heavy atom. The van der Waals surface area contributed by atoms with E-state index in [1.807, 2.05) is 18.6 Å². The molecule has 0 unspecified atom stereocenters. The summed E-state index contributed by atoms with van der Waals surface area (Å²) in [6.45, 7) is 3.47. The van der Waals surface area contributed by atoms with Crippen LogP contribution in [0.3, 0.4) is 0 Å². The molecule has 0 bridgehead atoms. The van der Waals surface area contributed by atoms with Crippen molar-refractivity contribution in [3.63, 3.8) is 0 Å². The molecule has 0 saturated heterocycles. The lowest BCUT2D eigenvalue weighted by Gasteiger charge is -2.05. The third-order valence-corrected chi connectivity index (χ3v) is 3.40. The van der Waals surface area contributed by atoms with Crippen molar-refractivity contribution in [3.8, 4) is 0 Å². The summed E-state index contributed by atoms with van der Waals surface area (Å²) in [6.07, 6.45) is 4.76. The van der Waals surface area contributed by atoms with Crippen LogP contribution in [-0.4, -0.2) is 14.5 Å². The van der Waals surface area contributed by atoms with E-state index in [1.165, 1.54) is 4.88 Å². The van der Waals surface area contributed by atoms with E-state index in [1.54, 1.807) is 17.5 Å². The zero-order valence-electron chi connectivity index (χ0n) is 8.68. The predicted octanol–water partition coefficient (Wildman–Crippen LogP) is 1.35. The molecule has 0 amide bonds. The Morgan fingerprint density at radius 1 is 1.47 bits per heavy atom. The number of rotatable bonds is 4. The maximum atomic E-state index is 5.58. The van der Waals surface area contributed by atoms with Crippen molar-refractivity contribution in [1.29, 1.82) is 0 Å². The molecule has 2 N–H and O–H groups in total. The topological polar surface area (TPSA) is 56.7 Å². The maximum absolute atomic E-state index is 5.58. The minimum atomic E-state index is 0.495. The quantitative estimate of drug-likeness (QED) is 0.849.